The number of carbonyl (C=O) groups is 1. The van der Waals surface area contributed by atoms with E-state index in [1.54, 1.807) is 14.1 Å². The average Bonchev–Trinajstić information content (AvgIpc) is 1.86. The molecule has 1 heterocycles. The number of amides is 2. The van der Waals surface area contributed by atoms with E-state index in [-0.39, 0.29) is 10.5 Å². The van der Waals surface area contributed by atoms with Crippen LogP contribution in [0.2, 0.25) is 0 Å². The van der Waals surface area contributed by atoms with Crippen LogP contribution in [-0.4, -0.2) is 24.6 Å². The van der Waals surface area contributed by atoms with E-state index in [1.807, 2.05) is 0 Å². The number of urea groups is 1. The Bertz CT molecular complexity index is 149. The molecule has 3 heteroatoms. The highest BCUT2D eigenvalue weighted by atomic mass is 16.2. The molecule has 2 amide bonds. The van der Waals surface area contributed by atoms with Crippen LogP contribution in [0, 0.1) is 6.20 Å². The fourth-order valence-electron chi connectivity index (χ4n) is 0.475. The van der Waals surface area contributed by atoms with E-state index in [1.165, 1.54) is 6.20 Å². The monoisotopic (exact) mass is 112 g/mol. The summed E-state index contributed by atoms with van der Waals surface area (Å²) in [5.41, 5.74) is 0. The molecule has 0 bridgehead atoms. The van der Waals surface area contributed by atoms with Gasteiger partial charge in [-0.25, -0.2) is 9.28 Å². The Labute approximate surface area is 48.2 Å². The maximum absolute atomic E-state index is 10.7. The highest BCUT2D eigenvalue weighted by Crippen LogP contribution is 2.02. The summed E-state index contributed by atoms with van der Waals surface area (Å²) in [7, 11) is 3.53. The van der Waals surface area contributed by atoms with E-state index in [2.05, 4.69) is 11.5 Å². The molecule has 0 saturated heterocycles. The van der Waals surface area contributed by atoms with E-state index >= 15 is 0 Å². The third-order valence-electron chi connectivity index (χ3n) is 1.09. The minimum absolute atomic E-state index is 0.0370. The zero-order chi connectivity index (χ0) is 6.20. The average molecular weight is 112 g/mol. The summed E-state index contributed by atoms with van der Waals surface area (Å²) >= 11 is 0. The highest BCUT2D eigenvalue weighted by Gasteiger charge is 2.28. The third kappa shape index (κ3) is 0.607. The second-order valence-electron chi connectivity index (χ2n) is 2.18. The van der Waals surface area contributed by atoms with Gasteiger partial charge in [0.1, 0.15) is 0 Å². The third-order valence-corrected chi connectivity index (χ3v) is 1.09. The van der Waals surface area contributed by atoms with Crippen LogP contribution in [0.4, 0.5) is 4.79 Å². The Morgan fingerprint density at radius 3 is 2.50 bits per heavy atom. The van der Waals surface area contributed by atoms with Gasteiger partial charge >= 0.3 is 6.03 Å². The molecule has 0 aromatic heterocycles. The molecule has 1 aliphatic rings. The summed E-state index contributed by atoms with van der Waals surface area (Å²) < 4.78 is 0.181. The molecule has 0 unspecified atom stereocenters. The van der Waals surface area contributed by atoms with Crippen molar-refractivity contribution in [1.29, 1.82) is 0 Å². The lowest BCUT2D eigenvalue weighted by molar-refractivity contribution is -0.761. The highest BCUT2D eigenvalue weighted by molar-refractivity contribution is 5.69. The number of carbonyl (C=O) groups excluding carboxylic acids is 1. The van der Waals surface area contributed by atoms with Crippen LogP contribution in [0.25, 0.3) is 0 Å². The second kappa shape index (κ2) is 1.32. The molecule has 1 aliphatic heterocycles. The van der Waals surface area contributed by atoms with Gasteiger partial charge < -0.3 is 0 Å². The van der Waals surface area contributed by atoms with Crippen molar-refractivity contribution < 1.29 is 9.28 Å². The minimum atomic E-state index is -0.0370. The summed E-state index contributed by atoms with van der Waals surface area (Å²) in [6.45, 7) is 0. The first-order chi connectivity index (χ1) is 3.63. The zero-order valence-electron chi connectivity index (χ0n) is 4.93. The SMILES string of the molecule is C[N+]1(C)[C]=CNC1=O. The smallest absolute Gasteiger partial charge is 0.275 e. The summed E-state index contributed by atoms with van der Waals surface area (Å²) in [4.78, 5) is 10.7. The lowest BCUT2D eigenvalue weighted by atomic mass is 10.7. The molecule has 0 spiro atoms. The van der Waals surface area contributed by atoms with Crippen molar-refractivity contribution in [2.45, 2.75) is 0 Å². The molecule has 3 nitrogen and oxygen atoms in total. The van der Waals surface area contributed by atoms with Crippen LogP contribution in [0.3, 0.4) is 0 Å². The molecule has 0 aromatic rings. The quantitative estimate of drug-likeness (QED) is 0.441. The van der Waals surface area contributed by atoms with Crippen LogP contribution < -0.4 is 5.32 Å². The van der Waals surface area contributed by atoms with Crippen LogP contribution in [0.5, 0.6) is 0 Å². The largest absolute Gasteiger partial charge is 0.425 e. The molecular weight excluding hydrogens is 104 g/mol. The number of quaternary nitrogens is 1. The van der Waals surface area contributed by atoms with Crippen molar-refractivity contribution in [3.8, 4) is 0 Å². The maximum atomic E-state index is 10.7. The Hall–Kier alpha value is -0.830. The Balaban J connectivity index is 2.82. The fourth-order valence-corrected chi connectivity index (χ4v) is 0.475. The second-order valence-corrected chi connectivity index (χ2v) is 2.18. The Morgan fingerprint density at radius 1 is 1.75 bits per heavy atom. The molecule has 1 radical (unpaired) electrons. The molecule has 8 heavy (non-hydrogen) atoms. The van der Waals surface area contributed by atoms with Crippen LogP contribution >= 0.6 is 0 Å². The van der Waals surface area contributed by atoms with E-state index in [9.17, 15) is 4.79 Å². The van der Waals surface area contributed by atoms with E-state index < -0.39 is 0 Å². The number of nitrogens with zero attached hydrogens (tertiary/aromatic N) is 1. The number of hydrogen-bond donors (Lipinski definition) is 1. The summed E-state index contributed by atoms with van der Waals surface area (Å²) in [6.07, 6.45) is 4.33. The number of hydrogen-bond acceptors (Lipinski definition) is 1. The number of nitrogens with one attached hydrogen (secondary N) is 1. The van der Waals surface area contributed by atoms with Crippen molar-refractivity contribution in [1.82, 2.24) is 5.32 Å². The van der Waals surface area contributed by atoms with Crippen LogP contribution in [0.1, 0.15) is 0 Å². The van der Waals surface area contributed by atoms with Crippen LogP contribution in [-0.2, 0) is 0 Å². The topological polar surface area (TPSA) is 29.1 Å². The van der Waals surface area contributed by atoms with Crippen molar-refractivity contribution in [3.63, 3.8) is 0 Å². The Morgan fingerprint density at radius 2 is 2.38 bits per heavy atom. The first-order valence-corrected chi connectivity index (χ1v) is 2.37. The Kier molecular flexibility index (Phi) is 0.877. The molecule has 0 atom stereocenters. The van der Waals surface area contributed by atoms with Gasteiger partial charge in [-0.15, -0.1) is 0 Å². The molecule has 0 aromatic carbocycles. The normalized spacial score (nSPS) is 23.5. The maximum Gasteiger partial charge on any atom is 0.425 e. The van der Waals surface area contributed by atoms with Crippen molar-refractivity contribution in [2.75, 3.05) is 14.1 Å². The number of rotatable bonds is 0. The molecular formula is C5H8N2O+. The van der Waals surface area contributed by atoms with Gasteiger partial charge in [0, 0.05) is 0 Å². The first-order valence-electron chi connectivity index (χ1n) is 2.37. The van der Waals surface area contributed by atoms with Crippen LogP contribution in [0.15, 0.2) is 6.20 Å². The minimum Gasteiger partial charge on any atom is -0.275 e. The standard InChI is InChI=1S/C5H8N2O/c1-7(2)4-3-6-5(7)8/h3H,1-2H3,(H,6,8)/q+1. The predicted octanol–water partition coefficient (Wildman–Crippen LogP) is 0.0604. The van der Waals surface area contributed by atoms with Gasteiger partial charge in [-0.1, -0.05) is 0 Å². The van der Waals surface area contributed by atoms with Crippen molar-refractivity contribution >= 4 is 6.03 Å². The lowest BCUT2D eigenvalue weighted by Crippen LogP contribution is -2.40. The van der Waals surface area contributed by atoms with Gasteiger partial charge in [0.2, 0.25) is 6.20 Å². The summed E-state index contributed by atoms with van der Waals surface area (Å²) in [5, 5.41) is 2.51. The van der Waals surface area contributed by atoms with Gasteiger partial charge in [-0.05, 0) is 0 Å². The molecule has 1 rings (SSSR count). The van der Waals surface area contributed by atoms with Gasteiger partial charge in [0.15, 0.2) is 0 Å². The summed E-state index contributed by atoms with van der Waals surface area (Å²) in [5.74, 6) is 0. The summed E-state index contributed by atoms with van der Waals surface area (Å²) in [6, 6.07) is -0.0370. The van der Waals surface area contributed by atoms with Crippen molar-refractivity contribution in [3.05, 3.63) is 12.4 Å². The van der Waals surface area contributed by atoms with E-state index in [4.69, 9.17) is 0 Å². The van der Waals surface area contributed by atoms with Gasteiger partial charge in [0.05, 0.1) is 20.3 Å². The first kappa shape index (κ1) is 5.31. The van der Waals surface area contributed by atoms with Gasteiger partial charge in [0.25, 0.3) is 0 Å². The van der Waals surface area contributed by atoms with Crippen molar-refractivity contribution in [2.24, 2.45) is 0 Å². The molecule has 1 N–H and O–H groups in total. The van der Waals surface area contributed by atoms with Gasteiger partial charge in [-0.3, -0.25) is 5.32 Å². The van der Waals surface area contributed by atoms with E-state index in [0.29, 0.717) is 0 Å². The zero-order valence-corrected chi connectivity index (χ0v) is 4.93. The molecule has 0 saturated carbocycles. The molecule has 43 valence electrons. The predicted molar refractivity (Wildman–Crippen MR) is 28.5 cm³/mol. The molecule has 0 fully saturated rings. The fraction of sp³-hybridized carbons (Fsp3) is 0.400. The molecule has 0 aliphatic carbocycles. The lowest BCUT2D eigenvalue weighted by Gasteiger charge is -2.12. The van der Waals surface area contributed by atoms with E-state index in [0.717, 1.165) is 0 Å². The van der Waals surface area contributed by atoms with Gasteiger partial charge in [-0.2, -0.15) is 0 Å².